The second kappa shape index (κ2) is 9.07. The molecule has 1 aromatic rings. The summed E-state index contributed by atoms with van der Waals surface area (Å²) in [6.45, 7) is 10.9. The molecule has 1 aromatic carbocycles. The van der Waals surface area contributed by atoms with E-state index < -0.39 is 5.92 Å². The number of rotatable bonds is 7. The summed E-state index contributed by atoms with van der Waals surface area (Å²) in [4.78, 5) is 26.3. The molecule has 1 aliphatic heterocycles. The Morgan fingerprint density at radius 1 is 1.20 bits per heavy atom. The number of benzene rings is 1. The third-order valence-electron chi connectivity index (χ3n) is 5.72. The molecule has 0 bridgehead atoms. The summed E-state index contributed by atoms with van der Waals surface area (Å²) in [6.07, 6.45) is 3.20. The van der Waals surface area contributed by atoms with Crippen LogP contribution in [0.4, 0.5) is 0 Å². The van der Waals surface area contributed by atoms with Gasteiger partial charge in [-0.1, -0.05) is 45.4 Å². The Kier molecular flexibility index (Phi) is 6.69. The molecular formula is C25H33NO4. The van der Waals surface area contributed by atoms with Gasteiger partial charge in [-0.15, -0.1) is 0 Å². The van der Waals surface area contributed by atoms with Gasteiger partial charge >= 0.3 is 5.97 Å². The van der Waals surface area contributed by atoms with Crippen molar-refractivity contribution in [2.45, 2.75) is 66.2 Å². The number of carbonyl (C=O) groups is 2. The summed E-state index contributed by atoms with van der Waals surface area (Å²) in [5, 5.41) is 3.36. The standard InChI is InChI=1S/C25H33NO4/c1-6-8-13-30-20-12-10-9-11-17(20)22-21(24(28)29-7-2)16(3)26-18-14-25(4,5)15-19(27)23(18)22/h9-12,22,26H,6-8,13-15H2,1-5H3/t22-/m0/s1. The molecule has 1 heterocycles. The zero-order valence-electron chi connectivity index (χ0n) is 18.8. The monoisotopic (exact) mass is 411 g/mol. The van der Waals surface area contributed by atoms with Crippen molar-refractivity contribution in [3.05, 3.63) is 52.4 Å². The summed E-state index contributed by atoms with van der Waals surface area (Å²) < 4.78 is 11.5. The fourth-order valence-corrected chi connectivity index (χ4v) is 4.40. The Balaban J connectivity index is 2.15. The van der Waals surface area contributed by atoms with E-state index in [2.05, 4.69) is 26.1 Å². The van der Waals surface area contributed by atoms with Gasteiger partial charge in [-0.3, -0.25) is 4.79 Å². The first kappa shape index (κ1) is 22.1. The number of nitrogens with one attached hydrogen (secondary N) is 1. The average molecular weight is 412 g/mol. The maximum absolute atomic E-state index is 13.3. The number of Topliss-reactive ketones (excluding diaryl/α,β-unsaturated/α-hetero) is 1. The van der Waals surface area contributed by atoms with E-state index in [1.54, 1.807) is 6.92 Å². The predicted octanol–water partition coefficient (Wildman–Crippen LogP) is 5.03. The molecular weight excluding hydrogens is 378 g/mol. The van der Waals surface area contributed by atoms with Crippen LogP contribution in [0.5, 0.6) is 5.75 Å². The number of ketones is 1. The third-order valence-corrected chi connectivity index (χ3v) is 5.72. The summed E-state index contributed by atoms with van der Waals surface area (Å²) in [5.74, 6) is -0.0740. The molecule has 1 aliphatic carbocycles. The highest BCUT2D eigenvalue weighted by molar-refractivity contribution is 6.04. The second-order valence-corrected chi connectivity index (χ2v) is 8.89. The molecule has 1 atom stereocenters. The van der Waals surface area contributed by atoms with Crippen molar-refractivity contribution >= 4 is 11.8 Å². The summed E-state index contributed by atoms with van der Waals surface area (Å²) >= 11 is 0. The van der Waals surface area contributed by atoms with Gasteiger partial charge < -0.3 is 14.8 Å². The zero-order valence-corrected chi connectivity index (χ0v) is 18.8. The molecule has 0 unspecified atom stereocenters. The van der Waals surface area contributed by atoms with Crippen LogP contribution in [0.2, 0.25) is 0 Å². The molecule has 0 saturated heterocycles. The van der Waals surface area contributed by atoms with Crippen molar-refractivity contribution in [1.82, 2.24) is 5.32 Å². The van der Waals surface area contributed by atoms with E-state index in [-0.39, 0.29) is 23.8 Å². The van der Waals surface area contributed by atoms with Crippen LogP contribution in [0, 0.1) is 5.41 Å². The fourth-order valence-electron chi connectivity index (χ4n) is 4.40. The Labute approximate surface area is 179 Å². The van der Waals surface area contributed by atoms with Gasteiger partial charge in [0.25, 0.3) is 0 Å². The molecule has 0 radical (unpaired) electrons. The number of carbonyl (C=O) groups excluding carboxylic acids is 2. The van der Waals surface area contributed by atoms with E-state index in [4.69, 9.17) is 9.47 Å². The molecule has 2 aliphatic rings. The number of para-hydroxylation sites is 1. The lowest BCUT2D eigenvalue weighted by atomic mass is 9.68. The van der Waals surface area contributed by atoms with Crippen LogP contribution in [-0.2, 0) is 14.3 Å². The van der Waals surface area contributed by atoms with E-state index in [1.807, 2.05) is 31.2 Å². The molecule has 0 amide bonds. The SMILES string of the molecule is CCCCOc1ccccc1[C@H]1C(C(=O)OCC)=C(C)NC2=C1C(=O)CC(C)(C)C2. The quantitative estimate of drug-likeness (QED) is 0.503. The van der Waals surface area contributed by atoms with Crippen LogP contribution < -0.4 is 10.1 Å². The number of ether oxygens (including phenoxy) is 2. The highest BCUT2D eigenvalue weighted by Crippen LogP contribution is 2.48. The lowest BCUT2D eigenvalue weighted by Crippen LogP contribution is -2.38. The van der Waals surface area contributed by atoms with Crippen molar-refractivity contribution < 1.29 is 19.1 Å². The van der Waals surface area contributed by atoms with Gasteiger partial charge in [-0.2, -0.15) is 0 Å². The number of hydrogen-bond acceptors (Lipinski definition) is 5. The number of dihydropyridines is 1. The molecule has 0 saturated carbocycles. The van der Waals surface area contributed by atoms with Crippen LogP contribution in [0.25, 0.3) is 0 Å². The number of allylic oxidation sites excluding steroid dienone is 3. The lowest BCUT2D eigenvalue weighted by molar-refractivity contribution is -0.138. The van der Waals surface area contributed by atoms with E-state index in [9.17, 15) is 9.59 Å². The summed E-state index contributed by atoms with van der Waals surface area (Å²) in [5.41, 5.74) is 3.55. The molecule has 162 valence electrons. The maximum atomic E-state index is 13.3. The molecule has 0 aromatic heterocycles. The third kappa shape index (κ3) is 4.45. The smallest absolute Gasteiger partial charge is 0.336 e. The first-order valence-electron chi connectivity index (χ1n) is 10.9. The van der Waals surface area contributed by atoms with Gasteiger partial charge in [0.05, 0.1) is 24.7 Å². The van der Waals surface area contributed by atoms with Crippen molar-refractivity contribution in [1.29, 1.82) is 0 Å². The minimum Gasteiger partial charge on any atom is -0.493 e. The van der Waals surface area contributed by atoms with E-state index in [1.165, 1.54) is 0 Å². The Morgan fingerprint density at radius 3 is 2.63 bits per heavy atom. The van der Waals surface area contributed by atoms with Gasteiger partial charge in [0.2, 0.25) is 0 Å². The van der Waals surface area contributed by atoms with Gasteiger partial charge in [-0.05, 0) is 38.2 Å². The molecule has 30 heavy (non-hydrogen) atoms. The van der Waals surface area contributed by atoms with E-state index >= 15 is 0 Å². The highest BCUT2D eigenvalue weighted by Gasteiger charge is 2.43. The highest BCUT2D eigenvalue weighted by atomic mass is 16.5. The van der Waals surface area contributed by atoms with Crippen molar-refractivity contribution in [2.24, 2.45) is 5.41 Å². The zero-order chi connectivity index (χ0) is 21.9. The molecule has 1 N–H and O–H groups in total. The number of hydrogen-bond donors (Lipinski definition) is 1. The van der Waals surface area contributed by atoms with Crippen LogP contribution >= 0.6 is 0 Å². The molecule has 3 rings (SSSR count). The van der Waals surface area contributed by atoms with E-state index in [0.717, 1.165) is 42.0 Å². The van der Waals surface area contributed by atoms with Gasteiger partial charge in [0, 0.05) is 29.0 Å². The second-order valence-electron chi connectivity index (χ2n) is 8.89. The van der Waals surface area contributed by atoms with Gasteiger partial charge in [0.1, 0.15) is 5.75 Å². The molecule has 5 nitrogen and oxygen atoms in total. The van der Waals surface area contributed by atoms with Crippen LogP contribution in [0.1, 0.15) is 71.8 Å². The first-order valence-corrected chi connectivity index (χ1v) is 10.9. The van der Waals surface area contributed by atoms with Crippen molar-refractivity contribution in [2.75, 3.05) is 13.2 Å². The molecule has 5 heteroatoms. The fraction of sp³-hybridized carbons (Fsp3) is 0.520. The first-order chi connectivity index (χ1) is 14.3. The molecule has 0 spiro atoms. The van der Waals surface area contributed by atoms with Crippen molar-refractivity contribution in [3.8, 4) is 5.75 Å². The summed E-state index contributed by atoms with van der Waals surface area (Å²) in [7, 11) is 0. The minimum absolute atomic E-state index is 0.0800. The average Bonchev–Trinajstić information content (AvgIpc) is 2.66. The van der Waals surface area contributed by atoms with Gasteiger partial charge in [0.15, 0.2) is 5.78 Å². The topological polar surface area (TPSA) is 64.6 Å². The summed E-state index contributed by atoms with van der Waals surface area (Å²) in [6, 6.07) is 7.73. The van der Waals surface area contributed by atoms with Crippen molar-refractivity contribution in [3.63, 3.8) is 0 Å². The predicted molar refractivity (Wildman–Crippen MR) is 117 cm³/mol. The normalized spacial score (nSPS) is 20.6. The molecule has 0 fully saturated rings. The number of unbranched alkanes of at least 4 members (excludes halogenated alkanes) is 1. The Bertz CT molecular complexity index is 894. The van der Waals surface area contributed by atoms with Crippen LogP contribution in [-0.4, -0.2) is 25.0 Å². The largest absolute Gasteiger partial charge is 0.493 e. The van der Waals surface area contributed by atoms with Crippen LogP contribution in [0.15, 0.2) is 46.8 Å². The maximum Gasteiger partial charge on any atom is 0.336 e. The Hall–Kier alpha value is -2.56. The minimum atomic E-state index is -0.485. The van der Waals surface area contributed by atoms with E-state index in [0.29, 0.717) is 24.2 Å². The van der Waals surface area contributed by atoms with Crippen LogP contribution in [0.3, 0.4) is 0 Å². The number of esters is 1. The van der Waals surface area contributed by atoms with Gasteiger partial charge in [-0.25, -0.2) is 4.79 Å². The Morgan fingerprint density at radius 2 is 1.93 bits per heavy atom. The lowest BCUT2D eigenvalue weighted by Gasteiger charge is -2.39.